The van der Waals surface area contributed by atoms with Gasteiger partial charge in [-0.15, -0.1) is 25.6 Å². The average molecular weight is 397 g/mol. The SMILES string of the molecule is Cl.FC(F)(F)Oc1ccc(-c2nn3c(c2-c2ccncc2)CNCC3)cc1. The maximum atomic E-state index is 12.4. The lowest BCUT2D eigenvalue weighted by atomic mass is 9.99. The molecule has 0 saturated carbocycles. The first-order chi connectivity index (χ1) is 12.5. The van der Waals surface area contributed by atoms with Crippen molar-refractivity contribution >= 4 is 12.4 Å². The molecule has 0 aliphatic carbocycles. The fraction of sp³-hybridized carbons (Fsp3) is 0.222. The van der Waals surface area contributed by atoms with Crippen LogP contribution in [0.1, 0.15) is 5.69 Å². The van der Waals surface area contributed by atoms with Crippen molar-refractivity contribution in [3.63, 3.8) is 0 Å². The molecule has 9 heteroatoms. The van der Waals surface area contributed by atoms with Crippen LogP contribution in [-0.4, -0.2) is 27.7 Å². The van der Waals surface area contributed by atoms with E-state index in [1.807, 2.05) is 16.8 Å². The fourth-order valence-corrected chi connectivity index (χ4v) is 3.09. The molecule has 0 atom stereocenters. The third-order valence-corrected chi connectivity index (χ3v) is 4.18. The summed E-state index contributed by atoms with van der Waals surface area (Å²) in [7, 11) is 0. The molecule has 0 radical (unpaired) electrons. The number of fused-ring (bicyclic) bond motifs is 1. The minimum atomic E-state index is -4.71. The summed E-state index contributed by atoms with van der Waals surface area (Å²) in [6.45, 7) is 2.24. The van der Waals surface area contributed by atoms with Crippen molar-refractivity contribution in [1.29, 1.82) is 0 Å². The van der Waals surface area contributed by atoms with Crippen LogP contribution in [0, 0.1) is 0 Å². The van der Waals surface area contributed by atoms with Crippen molar-refractivity contribution < 1.29 is 17.9 Å². The van der Waals surface area contributed by atoms with E-state index in [0.29, 0.717) is 6.54 Å². The Labute approximate surface area is 159 Å². The van der Waals surface area contributed by atoms with Gasteiger partial charge < -0.3 is 10.1 Å². The summed E-state index contributed by atoms with van der Waals surface area (Å²) in [6.07, 6.45) is -1.29. The van der Waals surface area contributed by atoms with Crippen LogP contribution in [0.2, 0.25) is 0 Å². The van der Waals surface area contributed by atoms with Gasteiger partial charge >= 0.3 is 6.36 Å². The molecule has 0 bridgehead atoms. The molecule has 1 aliphatic rings. The molecular formula is C18H16ClF3N4O. The highest BCUT2D eigenvalue weighted by Crippen LogP contribution is 2.36. The van der Waals surface area contributed by atoms with Gasteiger partial charge in [0.15, 0.2) is 0 Å². The zero-order valence-electron chi connectivity index (χ0n) is 14.0. The molecule has 0 unspecified atom stereocenters. The molecule has 2 aromatic heterocycles. The number of aromatic nitrogens is 3. The zero-order chi connectivity index (χ0) is 18.1. The predicted molar refractivity (Wildman–Crippen MR) is 96.5 cm³/mol. The first-order valence-corrected chi connectivity index (χ1v) is 8.08. The van der Waals surface area contributed by atoms with Crippen molar-refractivity contribution in [3.05, 3.63) is 54.5 Å². The van der Waals surface area contributed by atoms with Crippen molar-refractivity contribution in [2.45, 2.75) is 19.5 Å². The summed E-state index contributed by atoms with van der Waals surface area (Å²) in [5.74, 6) is -0.252. The Hall–Kier alpha value is -2.58. The molecule has 27 heavy (non-hydrogen) atoms. The van der Waals surface area contributed by atoms with Crippen molar-refractivity contribution in [1.82, 2.24) is 20.1 Å². The van der Waals surface area contributed by atoms with Crippen LogP contribution in [0.15, 0.2) is 48.8 Å². The summed E-state index contributed by atoms with van der Waals surface area (Å²) in [4.78, 5) is 4.05. The van der Waals surface area contributed by atoms with Gasteiger partial charge in [-0.1, -0.05) is 0 Å². The highest BCUT2D eigenvalue weighted by atomic mass is 35.5. The highest BCUT2D eigenvalue weighted by molar-refractivity contribution is 5.85. The van der Waals surface area contributed by atoms with E-state index in [9.17, 15) is 13.2 Å². The van der Waals surface area contributed by atoms with E-state index >= 15 is 0 Å². The van der Waals surface area contributed by atoms with Gasteiger partial charge in [0.2, 0.25) is 0 Å². The molecule has 4 rings (SSSR count). The normalized spacial score (nSPS) is 13.6. The number of rotatable bonds is 3. The van der Waals surface area contributed by atoms with Crippen LogP contribution in [0.5, 0.6) is 5.75 Å². The van der Waals surface area contributed by atoms with Crippen LogP contribution in [0.25, 0.3) is 22.4 Å². The molecule has 0 amide bonds. The number of alkyl halides is 3. The quantitative estimate of drug-likeness (QED) is 0.726. The molecule has 142 valence electrons. The Kier molecular flexibility index (Phi) is 5.38. The maximum Gasteiger partial charge on any atom is 0.573 e. The lowest BCUT2D eigenvalue weighted by Gasteiger charge is -2.16. The van der Waals surface area contributed by atoms with Crippen LogP contribution in [0.3, 0.4) is 0 Å². The van der Waals surface area contributed by atoms with E-state index in [-0.39, 0.29) is 18.2 Å². The molecule has 5 nitrogen and oxygen atoms in total. The number of nitrogens with zero attached hydrogens (tertiary/aromatic N) is 3. The molecule has 0 spiro atoms. The van der Waals surface area contributed by atoms with Gasteiger partial charge in [0, 0.05) is 36.6 Å². The van der Waals surface area contributed by atoms with E-state index in [1.54, 1.807) is 24.5 Å². The smallest absolute Gasteiger partial charge is 0.406 e. The second kappa shape index (κ2) is 7.58. The number of pyridine rings is 1. The standard InChI is InChI=1S/C18H15F3N4O.ClH/c19-18(20,21)26-14-3-1-13(2-4-14)17-16(12-5-7-22-8-6-12)15-11-23-9-10-25(15)24-17;/h1-8,23H,9-11H2;1H. The third kappa shape index (κ3) is 4.06. The summed E-state index contributed by atoms with van der Waals surface area (Å²) in [6, 6.07) is 9.58. The molecule has 1 N–H and O–H groups in total. The van der Waals surface area contributed by atoms with Gasteiger partial charge in [-0.05, 0) is 42.0 Å². The minimum Gasteiger partial charge on any atom is -0.406 e. The van der Waals surface area contributed by atoms with E-state index in [2.05, 4.69) is 15.0 Å². The number of hydrogen-bond donors (Lipinski definition) is 1. The molecule has 0 saturated heterocycles. The second-order valence-corrected chi connectivity index (χ2v) is 5.88. The van der Waals surface area contributed by atoms with Gasteiger partial charge in [-0.3, -0.25) is 9.67 Å². The van der Waals surface area contributed by atoms with E-state index < -0.39 is 6.36 Å². The predicted octanol–water partition coefficient (Wildman–Crippen LogP) is 4.04. The third-order valence-electron chi connectivity index (χ3n) is 4.18. The number of ether oxygens (including phenoxy) is 1. The van der Waals surface area contributed by atoms with Crippen LogP contribution in [-0.2, 0) is 13.1 Å². The Bertz CT molecular complexity index is 911. The Morgan fingerprint density at radius 3 is 2.37 bits per heavy atom. The number of halogens is 4. The lowest BCUT2D eigenvalue weighted by molar-refractivity contribution is -0.274. The highest BCUT2D eigenvalue weighted by Gasteiger charge is 2.31. The van der Waals surface area contributed by atoms with Gasteiger partial charge in [0.1, 0.15) is 11.4 Å². The monoisotopic (exact) mass is 396 g/mol. The maximum absolute atomic E-state index is 12.4. The first-order valence-electron chi connectivity index (χ1n) is 8.08. The number of nitrogens with one attached hydrogen (secondary N) is 1. The van der Waals surface area contributed by atoms with Gasteiger partial charge in [0.25, 0.3) is 0 Å². The van der Waals surface area contributed by atoms with E-state index in [0.717, 1.165) is 41.2 Å². The Balaban J connectivity index is 0.00000210. The largest absolute Gasteiger partial charge is 0.573 e. The number of hydrogen-bond acceptors (Lipinski definition) is 4. The van der Waals surface area contributed by atoms with Gasteiger partial charge in [-0.2, -0.15) is 5.10 Å². The Morgan fingerprint density at radius 1 is 1.00 bits per heavy atom. The molecule has 1 aromatic carbocycles. The van der Waals surface area contributed by atoms with Crippen molar-refractivity contribution in [2.75, 3.05) is 6.54 Å². The zero-order valence-corrected chi connectivity index (χ0v) is 14.8. The van der Waals surface area contributed by atoms with Crippen molar-refractivity contribution in [2.24, 2.45) is 0 Å². The molecule has 3 heterocycles. The fourth-order valence-electron chi connectivity index (χ4n) is 3.09. The van der Waals surface area contributed by atoms with E-state index in [4.69, 9.17) is 5.10 Å². The van der Waals surface area contributed by atoms with Crippen LogP contribution < -0.4 is 10.1 Å². The second-order valence-electron chi connectivity index (χ2n) is 5.88. The minimum absolute atomic E-state index is 0. The molecule has 1 aliphatic heterocycles. The number of benzene rings is 1. The molecule has 0 fully saturated rings. The van der Waals surface area contributed by atoms with Crippen LogP contribution in [0.4, 0.5) is 13.2 Å². The van der Waals surface area contributed by atoms with E-state index in [1.165, 1.54) is 12.1 Å². The Morgan fingerprint density at radius 2 is 1.70 bits per heavy atom. The van der Waals surface area contributed by atoms with Gasteiger partial charge in [-0.25, -0.2) is 0 Å². The molecular weight excluding hydrogens is 381 g/mol. The molecule has 3 aromatic rings. The van der Waals surface area contributed by atoms with Crippen LogP contribution >= 0.6 is 12.4 Å². The topological polar surface area (TPSA) is 52.0 Å². The average Bonchev–Trinajstić information content (AvgIpc) is 3.01. The summed E-state index contributed by atoms with van der Waals surface area (Å²) in [5, 5.41) is 8.02. The summed E-state index contributed by atoms with van der Waals surface area (Å²) < 4.78 is 43.0. The lowest BCUT2D eigenvalue weighted by Crippen LogP contribution is -2.28. The van der Waals surface area contributed by atoms with Crippen molar-refractivity contribution in [3.8, 4) is 28.1 Å². The van der Waals surface area contributed by atoms with Gasteiger partial charge in [0.05, 0.1) is 12.2 Å². The first kappa shape index (κ1) is 19.2. The summed E-state index contributed by atoms with van der Waals surface area (Å²) in [5.41, 5.74) is 4.44. The summed E-state index contributed by atoms with van der Waals surface area (Å²) >= 11 is 0.